The molecule has 1 saturated carbocycles. The number of alkyl halides is 2. The monoisotopic (exact) mass is 193 g/mol. The van der Waals surface area contributed by atoms with Crippen molar-refractivity contribution >= 4 is 11.8 Å². The zero-order valence-electron chi connectivity index (χ0n) is 6.85. The van der Waals surface area contributed by atoms with Crippen molar-refractivity contribution in [1.82, 2.24) is 5.32 Å². The normalized spacial score (nSPS) is 25.5. The van der Waals surface area contributed by atoms with Crippen molar-refractivity contribution < 1.29 is 8.78 Å². The Morgan fingerprint density at radius 3 is 2.42 bits per heavy atom. The van der Waals surface area contributed by atoms with E-state index in [1.807, 2.05) is 11.8 Å². The van der Waals surface area contributed by atoms with Crippen LogP contribution >= 0.6 is 11.8 Å². The average molecular weight is 193 g/mol. The molecule has 1 nitrogen and oxygen atoms in total. The van der Waals surface area contributed by atoms with Crippen molar-refractivity contribution in [2.75, 3.05) is 18.1 Å². The van der Waals surface area contributed by atoms with Gasteiger partial charge in [0.2, 0.25) is 0 Å². The fraction of sp³-hybridized carbons (Fsp3) is 1.00. The second-order valence-corrected chi connectivity index (χ2v) is 4.73. The van der Waals surface area contributed by atoms with E-state index >= 15 is 0 Å². The zero-order valence-corrected chi connectivity index (χ0v) is 7.67. The van der Waals surface area contributed by atoms with Gasteiger partial charge in [-0.3, -0.25) is 0 Å². The van der Waals surface area contributed by atoms with Gasteiger partial charge in [-0.1, -0.05) is 0 Å². The Morgan fingerprint density at radius 1 is 1.33 bits per heavy atom. The lowest BCUT2D eigenvalue weighted by Gasteiger charge is -2.28. The first-order valence-corrected chi connectivity index (χ1v) is 5.53. The van der Waals surface area contributed by atoms with Crippen LogP contribution in [0.3, 0.4) is 0 Å². The molecular weight excluding hydrogens is 180 g/mol. The summed E-state index contributed by atoms with van der Waals surface area (Å²) < 4.78 is 26.1. The first-order chi connectivity index (χ1) is 5.68. The molecule has 0 amide bonds. The molecule has 70 valence electrons. The minimum absolute atomic E-state index is 0.108. The van der Waals surface area contributed by atoms with Crippen molar-refractivity contribution in [3.05, 3.63) is 0 Å². The van der Waals surface area contributed by atoms with Gasteiger partial charge in [-0.15, -0.1) is 0 Å². The molecule has 1 saturated heterocycles. The summed E-state index contributed by atoms with van der Waals surface area (Å²) in [7, 11) is 0. The Bertz CT molecular complexity index is 166. The highest BCUT2D eigenvalue weighted by Crippen LogP contribution is 2.43. The van der Waals surface area contributed by atoms with Crippen molar-refractivity contribution in [3.63, 3.8) is 0 Å². The molecule has 0 aromatic rings. The van der Waals surface area contributed by atoms with E-state index in [0.717, 1.165) is 11.5 Å². The van der Waals surface area contributed by atoms with E-state index in [1.165, 1.54) is 0 Å². The number of thioether (sulfide) groups is 1. The molecule has 0 atom stereocenters. The summed E-state index contributed by atoms with van der Waals surface area (Å²) in [5.74, 6) is -0.764. The highest BCUT2D eigenvalue weighted by molar-refractivity contribution is 8.00. The lowest BCUT2D eigenvalue weighted by Crippen LogP contribution is -2.46. The van der Waals surface area contributed by atoms with Gasteiger partial charge in [0.05, 0.1) is 6.54 Å². The van der Waals surface area contributed by atoms with Crippen LogP contribution in [0.25, 0.3) is 0 Å². The van der Waals surface area contributed by atoms with Crippen LogP contribution in [-0.4, -0.2) is 30.0 Å². The minimum Gasteiger partial charge on any atom is -0.307 e. The van der Waals surface area contributed by atoms with E-state index in [1.54, 1.807) is 0 Å². The molecule has 1 aliphatic heterocycles. The van der Waals surface area contributed by atoms with Crippen molar-refractivity contribution in [2.45, 2.75) is 24.8 Å². The van der Waals surface area contributed by atoms with Crippen LogP contribution in [0.1, 0.15) is 12.8 Å². The molecule has 4 heteroatoms. The average Bonchev–Trinajstić information content (AvgIpc) is 2.62. The molecule has 12 heavy (non-hydrogen) atoms. The summed E-state index contributed by atoms with van der Waals surface area (Å²) in [6.45, 7) is -0.108. The maximum Gasteiger partial charge on any atom is 0.263 e. The Kier molecular flexibility index (Phi) is 2.29. The fourth-order valence-electron chi connectivity index (χ4n) is 1.28. The first kappa shape index (κ1) is 8.75. The van der Waals surface area contributed by atoms with Crippen molar-refractivity contribution in [2.24, 2.45) is 5.92 Å². The first-order valence-electron chi connectivity index (χ1n) is 4.37. The highest BCUT2D eigenvalue weighted by Gasteiger charge is 2.46. The predicted molar refractivity (Wildman–Crippen MR) is 46.8 cm³/mol. The third kappa shape index (κ3) is 1.91. The van der Waals surface area contributed by atoms with Crippen LogP contribution in [0.2, 0.25) is 0 Å². The number of nitrogens with one attached hydrogen (secondary N) is 1. The number of hydrogen-bond donors (Lipinski definition) is 1. The Morgan fingerprint density at radius 2 is 2.00 bits per heavy atom. The van der Waals surface area contributed by atoms with Crippen LogP contribution in [0, 0.1) is 5.92 Å². The summed E-state index contributed by atoms with van der Waals surface area (Å²) >= 11 is 1.81. The third-order valence-electron chi connectivity index (χ3n) is 2.44. The predicted octanol–water partition coefficient (Wildman–Crippen LogP) is 1.74. The summed E-state index contributed by atoms with van der Waals surface area (Å²) in [6.07, 6.45) is 1.43. The molecule has 1 N–H and O–H groups in total. The zero-order chi connectivity index (χ0) is 8.60. The molecule has 1 heterocycles. The lowest BCUT2D eigenvalue weighted by molar-refractivity contribution is -0.0222. The van der Waals surface area contributed by atoms with Gasteiger partial charge in [0.15, 0.2) is 0 Å². The molecule has 2 fully saturated rings. The molecule has 0 radical (unpaired) electrons. The number of hydrogen-bond acceptors (Lipinski definition) is 2. The summed E-state index contributed by atoms with van der Waals surface area (Å²) in [6, 6.07) is 0.347. The van der Waals surface area contributed by atoms with Gasteiger partial charge in [-0.05, 0) is 12.8 Å². The third-order valence-corrected chi connectivity index (χ3v) is 3.72. The largest absolute Gasteiger partial charge is 0.307 e. The van der Waals surface area contributed by atoms with E-state index in [4.69, 9.17) is 0 Å². The molecule has 0 aromatic heterocycles. The standard InChI is InChI=1S/C8H13F2NS/c9-8(10,6-1-2-6)5-11-7-3-12-4-7/h6-7,11H,1-5H2. The van der Waals surface area contributed by atoms with E-state index in [0.29, 0.717) is 18.9 Å². The van der Waals surface area contributed by atoms with E-state index < -0.39 is 5.92 Å². The molecule has 0 unspecified atom stereocenters. The smallest absolute Gasteiger partial charge is 0.263 e. The van der Waals surface area contributed by atoms with Crippen LogP contribution in [0.15, 0.2) is 0 Å². The van der Waals surface area contributed by atoms with Gasteiger partial charge in [0.25, 0.3) is 5.92 Å². The Hall–Kier alpha value is 0.170. The van der Waals surface area contributed by atoms with Crippen LogP contribution < -0.4 is 5.32 Å². The van der Waals surface area contributed by atoms with E-state index in [9.17, 15) is 8.78 Å². The molecule has 0 bridgehead atoms. The fourth-order valence-corrected chi connectivity index (χ4v) is 1.99. The van der Waals surface area contributed by atoms with E-state index in [2.05, 4.69) is 5.32 Å². The minimum atomic E-state index is -2.44. The lowest BCUT2D eigenvalue weighted by atomic mass is 10.2. The Labute approximate surface area is 75.3 Å². The molecule has 2 rings (SSSR count). The van der Waals surface area contributed by atoms with Crippen LogP contribution in [0.4, 0.5) is 8.78 Å². The quantitative estimate of drug-likeness (QED) is 0.730. The second-order valence-electron chi connectivity index (χ2n) is 3.65. The number of rotatable bonds is 4. The molecule has 1 aliphatic carbocycles. The van der Waals surface area contributed by atoms with E-state index in [-0.39, 0.29) is 12.5 Å². The van der Waals surface area contributed by atoms with Gasteiger partial charge in [-0.25, -0.2) is 8.78 Å². The maximum absolute atomic E-state index is 13.1. The molecule has 0 spiro atoms. The highest BCUT2D eigenvalue weighted by atomic mass is 32.2. The van der Waals surface area contributed by atoms with Gasteiger partial charge in [0, 0.05) is 23.5 Å². The number of halogens is 2. The second kappa shape index (κ2) is 3.14. The van der Waals surface area contributed by atoms with Crippen molar-refractivity contribution in [1.29, 1.82) is 0 Å². The molecule has 0 aromatic carbocycles. The van der Waals surface area contributed by atoms with Gasteiger partial charge < -0.3 is 5.32 Å². The summed E-state index contributed by atoms with van der Waals surface area (Å²) in [5.41, 5.74) is 0. The summed E-state index contributed by atoms with van der Waals surface area (Å²) in [5, 5.41) is 2.91. The maximum atomic E-state index is 13.1. The summed E-state index contributed by atoms with van der Waals surface area (Å²) in [4.78, 5) is 0. The molecular formula is C8H13F2NS. The van der Waals surface area contributed by atoms with Gasteiger partial charge in [0.1, 0.15) is 0 Å². The topological polar surface area (TPSA) is 12.0 Å². The SMILES string of the molecule is FC(F)(CNC1CSC1)C1CC1. The van der Waals surface area contributed by atoms with Gasteiger partial charge >= 0.3 is 0 Å². The van der Waals surface area contributed by atoms with Crippen LogP contribution in [-0.2, 0) is 0 Å². The van der Waals surface area contributed by atoms with Crippen molar-refractivity contribution in [3.8, 4) is 0 Å². The Balaban J connectivity index is 1.69. The molecule has 2 aliphatic rings. The van der Waals surface area contributed by atoms with Gasteiger partial charge in [-0.2, -0.15) is 11.8 Å². The van der Waals surface area contributed by atoms with Crippen LogP contribution in [0.5, 0.6) is 0 Å².